The van der Waals surface area contributed by atoms with E-state index in [4.69, 9.17) is 0 Å². The van der Waals surface area contributed by atoms with Gasteiger partial charge < -0.3 is 0 Å². The lowest BCUT2D eigenvalue weighted by molar-refractivity contribution is 0.0794. The molecule has 1 aliphatic heterocycles. The topological polar surface area (TPSA) is 44.1 Å². The number of amides is 1. The second kappa shape index (κ2) is 5.87. The van der Waals surface area contributed by atoms with E-state index in [1.807, 2.05) is 42.5 Å². The van der Waals surface area contributed by atoms with Crippen molar-refractivity contribution in [2.24, 2.45) is 0 Å². The minimum absolute atomic E-state index is 0.153. The standard InChI is InChI=1S/C19H16N2O/c1-2-14-9-6-10-15-11-12-21(17(13-20)18(14)15)19(22)16-7-4-3-5-8-16/h3-12,17H,2H2,1H3/t17-/m0/s1. The molecule has 0 aliphatic carbocycles. The van der Waals surface area contributed by atoms with Gasteiger partial charge in [-0.05, 0) is 41.3 Å². The van der Waals surface area contributed by atoms with Crippen LogP contribution in [0.15, 0.2) is 54.7 Å². The van der Waals surface area contributed by atoms with Gasteiger partial charge in [0.2, 0.25) is 0 Å². The molecule has 0 saturated heterocycles. The summed E-state index contributed by atoms with van der Waals surface area (Å²) >= 11 is 0. The van der Waals surface area contributed by atoms with Gasteiger partial charge in [-0.25, -0.2) is 0 Å². The zero-order valence-electron chi connectivity index (χ0n) is 12.4. The summed E-state index contributed by atoms with van der Waals surface area (Å²) in [6.45, 7) is 2.06. The Kier molecular flexibility index (Phi) is 3.76. The van der Waals surface area contributed by atoms with Crippen LogP contribution in [0.5, 0.6) is 0 Å². The Labute approximate surface area is 130 Å². The lowest BCUT2D eigenvalue weighted by atomic mass is 9.90. The third kappa shape index (κ3) is 2.29. The first kappa shape index (κ1) is 14.1. The third-order valence-electron chi connectivity index (χ3n) is 3.95. The number of benzene rings is 2. The number of nitrogens with zero attached hydrogens (tertiary/aromatic N) is 2. The van der Waals surface area contributed by atoms with Crippen molar-refractivity contribution in [2.75, 3.05) is 0 Å². The van der Waals surface area contributed by atoms with Crippen molar-refractivity contribution >= 4 is 12.0 Å². The highest BCUT2D eigenvalue weighted by molar-refractivity contribution is 5.96. The molecule has 0 spiro atoms. The van der Waals surface area contributed by atoms with Crippen LogP contribution in [0, 0.1) is 11.3 Å². The smallest absolute Gasteiger partial charge is 0.259 e. The highest BCUT2D eigenvalue weighted by Gasteiger charge is 2.30. The van der Waals surface area contributed by atoms with Gasteiger partial charge in [-0.1, -0.05) is 43.3 Å². The summed E-state index contributed by atoms with van der Waals surface area (Å²) in [7, 11) is 0. The molecule has 1 atom stereocenters. The molecule has 2 aromatic rings. The largest absolute Gasteiger partial charge is 0.294 e. The number of hydrogen-bond acceptors (Lipinski definition) is 2. The average molecular weight is 288 g/mol. The van der Waals surface area contributed by atoms with E-state index in [0.29, 0.717) is 5.56 Å². The molecule has 2 aromatic carbocycles. The van der Waals surface area contributed by atoms with Crippen molar-refractivity contribution < 1.29 is 4.79 Å². The van der Waals surface area contributed by atoms with Crippen molar-refractivity contribution in [3.8, 4) is 6.07 Å². The first-order chi connectivity index (χ1) is 10.8. The second-order valence-electron chi connectivity index (χ2n) is 5.20. The highest BCUT2D eigenvalue weighted by Crippen LogP contribution is 2.33. The molecular weight excluding hydrogens is 272 g/mol. The Hall–Kier alpha value is -2.86. The molecule has 3 heteroatoms. The zero-order chi connectivity index (χ0) is 15.5. The Balaban J connectivity index is 2.06. The molecule has 0 aromatic heterocycles. The number of carbonyl (C=O) groups is 1. The number of aryl methyl sites for hydroxylation is 1. The van der Waals surface area contributed by atoms with E-state index in [0.717, 1.165) is 23.1 Å². The molecule has 0 N–H and O–H groups in total. The molecule has 0 fully saturated rings. The van der Waals surface area contributed by atoms with Crippen LogP contribution < -0.4 is 0 Å². The summed E-state index contributed by atoms with van der Waals surface area (Å²) in [5, 5.41) is 9.65. The highest BCUT2D eigenvalue weighted by atomic mass is 16.2. The number of carbonyl (C=O) groups excluding carboxylic acids is 1. The summed E-state index contributed by atoms with van der Waals surface area (Å²) < 4.78 is 0. The van der Waals surface area contributed by atoms with Gasteiger partial charge in [0.05, 0.1) is 6.07 Å². The fourth-order valence-electron chi connectivity index (χ4n) is 2.85. The van der Waals surface area contributed by atoms with E-state index in [-0.39, 0.29) is 5.91 Å². The minimum atomic E-state index is -0.580. The number of fused-ring (bicyclic) bond motifs is 1. The second-order valence-corrected chi connectivity index (χ2v) is 5.20. The zero-order valence-corrected chi connectivity index (χ0v) is 12.4. The Morgan fingerprint density at radius 3 is 2.64 bits per heavy atom. The monoisotopic (exact) mass is 288 g/mol. The van der Waals surface area contributed by atoms with Gasteiger partial charge >= 0.3 is 0 Å². The molecule has 0 unspecified atom stereocenters. The van der Waals surface area contributed by atoms with Gasteiger partial charge in [0.15, 0.2) is 0 Å². The van der Waals surface area contributed by atoms with E-state index in [1.165, 1.54) is 4.90 Å². The lowest BCUT2D eigenvalue weighted by Gasteiger charge is -2.30. The maximum atomic E-state index is 12.7. The first-order valence-corrected chi connectivity index (χ1v) is 7.33. The quantitative estimate of drug-likeness (QED) is 0.840. The predicted molar refractivity (Wildman–Crippen MR) is 85.8 cm³/mol. The molecule has 22 heavy (non-hydrogen) atoms. The van der Waals surface area contributed by atoms with Gasteiger partial charge in [0.25, 0.3) is 5.91 Å². The van der Waals surface area contributed by atoms with Crippen molar-refractivity contribution in [2.45, 2.75) is 19.4 Å². The first-order valence-electron chi connectivity index (χ1n) is 7.33. The average Bonchev–Trinajstić information content (AvgIpc) is 2.60. The van der Waals surface area contributed by atoms with Crippen molar-refractivity contribution in [3.05, 3.63) is 77.0 Å². The van der Waals surface area contributed by atoms with Crippen LogP contribution in [0.3, 0.4) is 0 Å². The van der Waals surface area contributed by atoms with Crippen LogP contribution in [0.25, 0.3) is 6.08 Å². The van der Waals surface area contributed by atoms with E-state index in [9.17, 15) is 10.1 Å². The van der Waals surface area contributed by atoms with Gasteiger partial charge in [0, 0.05) is 11.8 Å². The SMILES string of the molecule is CCc1cccc2c1[C@H](C#N)N(C(=O)c1ccccc1)C=C2. The molecular formula is C19H16N2O. The molecule has 1 amide bonds. The fraction of sp³-hybridized carbons (Fsp3) is 0.158. The maximum Gasteiger partial charge on any atom is 0.259 e. The van der Waals surface area contributed by atoms with Gasteiger partial charge in [0.1, 0.15) is 6.04 Å². The molecule has 0 radical (unpaired) electrons. The Bertz CT molecular complexity index is 772. The fourth-order valence-corrected chi connectivity index (χ4v) is 2.85. The molecule has 3 nitrogen and oxygen atoms in total. The third-order valence-corrected chi connectivity index (χ3v) is 3.95. The Morgan fingerprint density at radius 1 is 1.18 bits per heavy atom. The predicted octanol–water partition coefficient (Wildman–Crippen LogP) is 3.94. The minimum Gasteiger partial charge on any atom is -0.294 e. The van der Waals surface area contributed by atoms with E-state index < -0.39 is 6.04 Å². The van der Waals surface area contributed by atoms with Crippen LogP contribution >= 0.6 is 0 Å². The molecule has 1 heterocycles. The Morgan fingerprint density at radius 2 is 1.95 bits per heavy atom. The molecule has 0 bridgehead atoms. The van der Waals surface area contributed by atoms with Crippen LogP contribution in [0.2, 0.25) is 0 Å². The van der Waals surface area contributed by atoms with Gasteiger partial charge in [-0.3, -0.25) is 9.69 Å². The summed E-state index contributed by atoms with van der Waals surface area (Å²) in [4.78, 5) is 14.2. The van der Waals surface area contributed by atoms with Crippen LogP contribution in [-0.2, 0) is 6.42 Å². The van der Waals surface area contributed by atoms with Crippen LogP contribution in [0.4, 0.5) is 0 Å². The number of hydrogen-bond donors (Lipinski definition) is 0. The summed E-state index contributed by atoms with van der Waals surface area (Å²) in [6.07, 6.45) is 4.46. The molecule has 0 saturated carbocycles. The normalized spacial score (nSPS) is 16.0. The number of rotatable bonds is 2. The van der Waals surface area contributed by atoms with Crippen LogP contribution in [-0.4, -0.2) is 10.8 Å². The van der Waals surface area contributed by atoms with Gasteiger partial charge in [-0.2, -0.15) is 5.26 Å². The lowest BCUT2D eigenvalue weighted by Crippen LogP contribution is -2.32. The van der Waals surface area contributed by atoms with Crippen molar-refractivity contribution in [1.29, 1.82) is 5.26 Å². The van der Waals surface area contributed by atoms with Crippen LogP contribution in [0.1, 0.15) is 40.0 Å². The summed E-state index contributed by atoms with van der Waals surface area (Å²) in [6, 6.07) is 16.8. The van der Waals surface area contributed by atoms with Crippen molar-refractivity contribution in [1.82, 2.24) is 4.90 Å². The van der Waals surface area contributed by atoms with Crippen molar-refractivity contribution in [3.63, 3.8) is 0 Å². The van der Waals surface area contributed by atoms with E-state index in [1.54, 1.807) is 18.3 Å². The summed E-state index contributed by atoms with van der Waals surface area (Å²) in [5.74, 6) is -0.153. The number of nitriles is 1. The molecule has 108 valence electrons. The molecule has 3 rings (SSSR count). The van der Waals surface area contributed by atoms with E-state index in [2.05, 4.69) is 13.0 Å². The molecule has 1 aliphatic rings. The van der Waals surface area contributed by atoms with Gasteiger partial charge in [-0.15, -0.1) is 0 Å². The maximum absolute atomic E-state index is 12.7. The van der Waals surface area contributed by atoms with E-state index >= 15 is 0 Å². The summed E-state index contributed by atoms with van der Waals surface area (Å²) in [5.41, 5.74) is 3.66.